The minimum Gasteiger partial charge on any atom is -0.496 e. The topological polar surface area (TPSA) is 81.6 Å². The van der Waals surface area contributed by atoms with Gasteiger partial charge in [0.2, 0.25) is 15.9 Å². The molecule has 1 aromatic carbocycles. The highest BCUT2D eigenvalue weighted by Crippen LogP contribution is 2.26. The second kappa shape index (κ2) is 7.59. The Bertz CT molecular complexity index is 886. The van der Waals surface area contributed by atoms with Crippen LogP contribution in [0.2, 0.25) is 0 Å². The quantitative estimate of drug-likeness (QED) is 0.795. The smallest absolute Gasteiger partial charge is 0.243 e. The third kappa shape index (κ3) is 3.96. The monoisotopic (exact) mass is 377 g/mol. The van der Waals surface area contributed by atoms with Crippen LogP contribution in [0.1, 0.15) is 24.2 Å². The van der Waals surface area contributed by atoms with Crippen LogP contribution in [-0.4, -0.2) is 49.0 Å². The van der Waals surface area contributed by atoms with Crippen LogP contribution < -0.4 is 9.47 Å². The zero-order chi connectivity index (χ0) is 18.7. The van der Waals surface area contributed by atoms with Crippen molar-refractivity contribution in [2.75, 3.05) is 20.2 Å². The molecule has 0 unspecified atom stereocenters. The molecule has 2 aromatic rings. The van der Waals surface area contributed by atoms with Gasteiger partial charge in [-0.1, -0.05) is 0 Å². The molecule has 3 rings (SSSR count). The molecular formula is C18H23N3O4S. The van der Waals surface area contributed by atoms with Gasteiger partial charge in [0.25, 0.3) is 0 Å². The molecule has 0 aliphatic carbocycles. The van der Waals surface area contributed by atoms with Crippen molar-refractivity contribution >= 4 is 10.0 Å². The summed E-state index contributed by atoms with van der Waals surface area (Å²) in [6.07, 6.45) is 2.93. The summed E-state index contributed by atoms with van der Waals surface area (Å²) >= 11 is 0. The number of hydrogen-bond acceptors (Lipinski definition) is 6. The first kappa shape index (κ1) is 18.6. The zero-order valence-corrected chi connectivity index (χ0v) is 16.0. The van der Waals surface area contributed by atoms with Crippen LogP contribution >= 0.6 is 0 Å². The third-order valence-corrected chi connectivity index (χ3v) is 6.24. The van der Waals surface area contributed by atoms with Crippen molar-refractivity contribution < 1.29 is 17.9 Å². The number of benzene rings is 1. The van der Waals surface area contributed by atoms with E-state index in [2.05, 4.69) is 9.97 Å². The average Bonchev–Trinajstić information content (AvgIpc) is 2.62. The summed E-state index contributed by atoms with van der Waals surface area (Å²) in [6, 6.07) is 6.60. The fraction of sp³-hybridized carbons (Fsp3) is 0.444. The Kier molecular flexibility index (Phi) is 5.43. The molecule has 0 radical (unpaired) electrons. The van der Waals surface area contributed by atoms with E-state index in [1.165, 1.54) is 4.31 Å². The van der Waals surface area contributed by atoms with Crippen LogP contribution in [0.4, 0.5) is 0 Å². The highest BCUT2D eigenvalue weighted by molar-refractivity contribution is 7.89. The predicted molar refractivity (Wildman–Crippen MR) is 96.9 cm³/mol. The van der Waals surface area contributed by atoms with Crippen molar-refractivity contribution in [1.29, 1.82) is 0 Å². The third-order valence-electron chi connectivity index (χ3n) is 4.38. The molecule has 0 spiro atoms. The maximum Gasteiger partial charge on any atom is 0.243 e. The van der Waals surface area contributed by atoms with Crippen molar-refractivity contribution in [3.8, 4) is 11.6 Å². The van der Waals surface area contributed by atoms with Crippen molar-refractivity contribution in [2.24, 2.45) is 0 Å². The lowest BCUT2D eigenvalue weighted by Gasteiger charge is -2.32. The molecule has 7 nitrogen and oxygen atoms in total. The highest BCUT2D eigenvalue weighted by Gasteiger charge is 2.31. The number of hydrogen-bond donors (Lipinski definition) is 0. The van der Waals surface area contributed by atoms with Gasteiger partial charge < -0.3 is 9.47 Å². The summed E-state index contributed by atoms with van der Waals surface area (Å²) < 4.78 is 38.6. The summed E-state index contributed by atoms with van der Waals surface area (Å²) in [5, 5.41) is 0. The van der Waals surface area contributed by atoms with Crippen LogP contribution in [0, 0.1) is 13.8 Å². The van der Waals surface area contributed by atoms with Gasteiger partial charge in [0.05, 0.1) is 18.6 Å². The first-order chi connectivity index (χ1) is 12.4. The Balaban J connectivity index is 1.76. The fourth-order valence-corrected chi connectivity index (χ4v) is 4.65. The van der Waals surface area contributed by atoms with E-state index in [0.717, 1.165) is 18.4 Å². The van der Waals surface area contributed by atoms with E-state index >= 15 is 0 Å². The molecular weight excluding hydrogens is 354 g/mol. The van der Waals surface area contributed by atoms with Gasteiger partial charge in [-0.05, 0) is 50.5 Å². The number of piperidine rings is 1. The van der Waals surface area contributed by atoms with Gasteiger partial charge in [0.1, 0.15) is 17.7 Å². The van der Waals surface area contributed by atoms with Gasteiger partial charge in [-0.15, -0.1) is 0 Å². The number of aryl methyl sites for hydroxylation is 2. The average molecular weight is 377 g/mol. The van der Waals surface area contributed by atoms with E-state index in [0.29, 0.717) is 30.5 Å². The molecule has 8 heteroatoms. The first-order valence-corrected chi connectivity index (χ1v) is 9.95. The van der Waals surface area contributed by atoms with Crippen molar-refractivity contribution in [3.63, 3.8) is 0 Å². The lowest BCUT2D eigenvalue weighted by molar-refractivity contribution is 0.124. The van der Waals surface area contributed by atoms with Crippen molar-refractivity contribution in [3.05, 3.63) is 41.9 Å². The summed E-state index contributed by atoms with van der Waals surface area (Å²) in [5.74, 6) is 1.77. The first-order valence-electron chi connectivity index (χ1n) is 8.51. The zero-order valence-electron chi connectivity index (χ0n) is 15.2. The normalized spacial score (nSPS) is 18.5. The SMILES string of the molecule is COc1ccc(S(=O)(=O)N2CCC[C@H](Oc3ccnc(C)n3)C2)cc1C. The maximum absolute atomic E-state index is 13.0. The highest BCUT2D eigenvalue weighted by atomic mass is 32.2. The van der Waals surface area contributed by atoms with Gasteiger partial charge in [0.15, 0.2) is 0 Å². The van der Waals surface area contributed by atoms with Gasteiger partial charge in [-0.3, -0.25) is 0 Å². The molecule has 1 aliphatic rings. The van der Waals surface area contributed by atoms with Crippen LogP contribution in [0.5, 0.6) is 11.6 Å². The van der Waals surface area contributed by atoms with Crippen LogP contribution in [-0.2, 0) is 10.0 Å². The molecule has 1 fully saturated rings. The largest absolute Gasteiger partial charge is 0.496 e. The molecule has 0 bridgehead atoms. The number of methoxy groups -OCH3 is 1. The minimum atomic E-state index is -3.58. The Morgan fingerprint density at radius 3 is 2.73 bits per heavy atom. The summed E-state index contributed by atoms with van der Waals surface area (Å²) in [7, 11) is -2.01. The molecule has 1 aromatic heterocycles. The minimum absolute atomic E-state index is 0.229. The summed E-state index contributed by atoms with van der Waals surface area (Å²) in [4.78, 5) is 8.54. The lowest BCUT2D eigenvalue weighted by atomic mass is 10.1. The van der Waals surface area contributed by atoms with Crippen LogP contribution in [0.15, 0.2) is 35.4 Å². The number of nitrogens with zero attached hydrogens (tertiary/aromatic N) is 3. The van der Waals surface area contributed by atoms with E-state index in [1.807, 2.05) is 6.92 Å². The molecule has 2 heterocycles. The van der Waals surface area contributed by atoms with E-state index < -0.39 is 10.0 Å². The second-order valence-electron chi connectivity index (χ2n) is 6.32. The Hall–Kier alpha value is -2.19. The van der Waals surface area contributed by atoms with Crippen LogP contribution in [0.25, 0.3) is 0 Å². The Morgan fingerprint density at radius 1 is 1.23 bits per heavy atom. The molecule has 140 valence electrons. The van der Waals surface area contributed by atoms with Gasteiger partial charge in [-0.2, -0.15) is 9.29 Å². The molecule has 0 amide bonds. The lowest BCUT2D eigenvalue weighted by Crippen LogP contribution is -2.44. The second-order valence-corrected chi connectivity index (χ2v) is 8.26. The number of rotatable bonds is 5. The van der Waals surface area contributed by atoms with E-state index in [1.54, 1.807) is 44.5 Å². The maximum atomic E-state index is 13.0. The summed E-state index contributed by atoms with van der Waals surface area (Å²) in [6.45, 7) is 4.40. The van der Waals surface area contributed by atoms with Crippen LogP contribution in [0.3, 0.4) is 0 Å². The predicted octanol–water partition coefficient (Wildman–Crippen LogP) is 2.33. The molecule has 1 aliphatic heterocycles. The summed E-state index contributed by atoms with van der Waals surface area (Å²) in [5.41, 5.74) is 0.787. The van der Waals surface area contributed by atoms with Gasteiger partial charge >= 0.3 is 0 Å². The Labute approximate surface area is 154 Å². The number of aromatic nitrogens is 2. The van der Waals surface area contributed by atoms with Crippen molar-refractivity contribution in [2.45, 2.75) is 37.7 Å². The van der Waals surface area contributed by atoms with Gasteiger partial charge in [-0.25, -0.2) is 13.4 Å². The number of sulfonamides is 1. The van der Waals surface area contributed by atoms with Gasteiger partial charge in [0, 0.05) is 18.8 Å². The molecule has 1 atom stereocenters. The fourth-order valence-electron chi connectivity index (χ4n) is 3.05. The molecule has 0 saturated carbocycles. The standard InChI is InChI=1S/C18H23N3O4S/c1-13-11-16(6-7-17(13)24-3)26(22,23)21-10-4-5-15(12-21)25-18-8-9-19-14(2)20-18/h6-9,11,15H,4-5,10,12H2,1-3H3/t15-/m0/s1. The van der Waals surface area contributed by atoms with E-state index in [-0.39, 0.29) is 11.0 Å². The van der Waals surface area contributed by atoms with E-state index in [9.17, 15) is 8.42 Å². The van der Waals surface area contributed by atoms with E-state index in [4.69, 9.17) is 9.47 Å². The molecule has 26 heavy (non-hydrogen) atoms. The molecule has 1 saturated heterocycles. The molecule has 0 N–H and O–H groups in total. The Morgan fingerprint density at radius 2 is 2.04 bits per heavy atom. The number of ether oxygens (including phenoxy) is 2. The van der Waals surface area contributed by atoms with Crippen molar-refractivity contribution in [1.82, 2.24) is 14.3 Å².